The SMILES string of the molecule is Cc1ccc([N+](=O)[O-])c(CC2CCN(C(=O)OC(C)(C)C)CC2)c1. The Morgan fingerprint density at radius 2 is 1.96 bits per heavy atom. The molecule has 6 nitrogen and oxygen atoms in total. The molecule has 1 aliphatic rings. The van der Waals surface area contributed by atoms with Gasteiger partial charge in [-0.3, -0.25) is 10.1 Å². The largest absolute Gasteiger partial charge is 0.444 e. The fourth-order valence-electron chi connectivity index (χ4n) is 3.01. The minimum atomic E-state index is -0.490. The number of piperidine rings is 1. The third-order valence-corrected chi connectivity index (χ3v) is 4.21. The van der Waals surface area contributed by atoms with Gasteiger partial charge >= 0.3 is 6.09 Å². The smallest absolute Gasteiger partial charge is 0.410 e. The normalized spacial score (nSPS) is 16.1. The third-order valence-electron chi connectivity index (χ3n) is 4.21. The molecule has 6 heteroatoms. The molecule has 0 spiro atoms. The van der Waals surface area contributed by atoms with Crippen molar-refractivity contribution in [3.05, 3.63) is 39.4 Å². The standard InChI is InChI=1S/C18H26N2O4/c1-13-5-6-16(20(22)23)15(11-13)12-14-7-9-19(10-8-14)17(21)24-18(2,3)4/h5-6,11,14H,7-10,12H2,1-4H3. The van der Waals surface area contributed by atoms with E-state index in [4.69, 9.17) is 4.74 Å². The van der Waals surface area contributed by atoms with Gasteiger partial charge < -0.3 is 9.64 Å². The van der Waals surface area contributed by atoms with Crippen LogP contribution in [0.3, 0.4) is 0 Å². The van der Waals surface area contributed by atoms with E-state index in [1.54, 1.807) is 17.0 Å². The molecule has 0 atom stereocenters. The van der Waals surface area contributed by atoms with Crippen LogP contribution in [0.15, 0.2) is 18.2 Å². The molecule has 1 fully saturated rings. The quantitative estimate of drug-likeness (QED) is 0.616. The molecule has 0 aliphatic carbocycles. The van der Waals surface area contributed by atoms with Gasteiger partial charge in [-0.05, 0) is 58.9 Å². The number of aryl methyl sites for hydroxylation is 1. The summed E-state index contributed by atoms with van der Waals surface area (Å²) in [6, 6.07) is 5.26. The number of hydrogen-bond donors (Lipinski definition) is 0. The first-order valence-corrected chi connectivity index (χ1v) is 8.37. The lowest BCUT2D eigenvalue weighted by molar-refractivity contribution is -0.385. The molecule has 0 N–H and O–H groups in total. The Bertz CT molecular complexity index is 614. The summed E-state index contributed by atoms with van der Waals surface area (Å²) in [6.07, 6.45) is 2.08. The van der Waals surface area contributed by atoms with E-state index in [0.29, 0.717) is 25.4 Å². The van der Waals surface area contributed by atoms with Crippen LogP contribution in [0.2, 0.25) is 0 Å². The maximum Gasteiger partial charge on any atom is 0.410 e. The average Bonchev–Trinajstić information content (AvgIpc) is 2.46. The molecule has 1 aliphatic heterocycles. The van der Waals surface area contributed by atoms with Crippen LogP contribution in [0.5, 0.6) is 0 Å². The predicted octanol–water partition coefficient (Wildman–Crippen LogP) is 4.09. The number of nitrogens with zero attached hydrogens (tertiary/aromatic N) is 2. The van der Waals surface area contributed by atoms with Crippen LogP contribution < -0.4 is 0 Å². The summed E-state index contributed by atoms with van der Waals surface area (Å²) in [5, 5.41) is 11.2. The highest BCUT2D eigenvalue weighted by Crippen LogP contribution is 2.28. The minimum Gasteiger partial charge on any atom is -0.444 e. The van der Waals surface area contributed by atoms with Crippen molar-refractivity contribution in [3.8, 4) is 0 Å². The zero-order valence-corrected chi connectivity index (χ0v) is 14.9. The van der Waals surface area contributed by atoms with E-state index in [1.807, 2.05) is 33.8 Å². The van der Waals surface area contributed by atoms with Crippen molar-refractivity contribution in [2.24, 2.45) is 5.92 Å². The minimum absolute atomic E-state index is 0.190. The first-order valence-electron chi connectivity index (χ1n) is 8.37. The summed E-state index contributed by atoms with van der Waals surface area (Å²) >= 11 is 0. The highest BCUT2D eigenvalue weighted by molar-refractivity contribution is 5.68. The Hall–Kier alpha value is -2.11. The van der Waals surface area contributed by atoms with Gasteiger partial charge in [-0.15, -0.1) is 0 Å². The van der Waals surface area contributed by atoms with E-state index in [2.05, 4.69) is 0 Å². The molecule has 1 heterocycles. The Balaban J connectivity index is 1.95. The Labute approximate surface area is 142 Å². The first kappa shape index (κ1) is 18.2. The van der Waals surface area contributed by atoms with Gasteiger partial charge in [0.1, 0.15) is 5.60 Å². The molecular formula is C18H26N2O4. The maximum absolute atomic E-state index is 12.1. The van der Waals surface area contributed by atoms with Gasteiger partial charge in [0.15, 0.2) is 0 Å². The second-order valence-corrected chi connectivity index (χ2v) is 7.50. The van der Waals surface area contributed by atoms with Crippen LogP contribution in [-0.2, 0) is 11.2 Å². The molecular weight excluding hydrogens is 308 g/mol. The lowest BCUT2D eigenvalue weighted by Gasteiger charge is -2.33. The second-order valence-electron chi connectivity index (χ2n) is 7.50. The van der Waals surface area contributed by atoms with Crippen molar-refractivity contribution in [2.45, 2.75) is 52.6 Å². The molecule has 1 aromatic carbocycles. The van der Waals surface area contributed by atoms with E-state index >= 15 is 0 Å². The number of rotatable bonds is 3. The number of nitro groups is 1. The molecule has 1 aromatic rings. The number of carbonyl (C=O) groups is 1. The van der Waals surface area contributed by atoms with Crippen LogP contribution in [0.1, 0.15) is 44.7 Å². The van der Waals surface area contributed by atoms with Gasteiger partial charge in [-0.1, -0.05) is 11.6 Å². The molecule has 1 saturated heterocycles. The number of ether oxygens (including phenoxy) is 1. The zero-order valence-electron chi connectivity index (χ0n) is 14.9. The first-order chi connectivity index (χ1) is 11.2. The molecule has 2 rings (SSSR count). The van der Waals surface area contributed by atoms with E-state index in [0.717, 1.165) is 24.0 Å². The van der Waals surface area contributed by atoms with Gasteiger partial charge in [0.2, 0.25) is 0 Å². The molecule has 0 aromatic heterocycles. The van der Waals surface area contributed by atoms with Gasteiger partial charge in [-0.25, -0.2) is 4.79 Å². The van der Waals surface area contributed by atoms with E-state index in [9.17, 15) is 14.9 Å². The Kier molecular flexibility index (Phi) is 5.47. The number of benzene rings is 1. The van der Waals surface area contributed by atoms with Crippen molar-refractivity contribution in [1.29, 1.82) is 0 Å². The highest BCUT2D eigenvalue weighted by Gasteiger charge is 2.28. The van der Waals surface area contributed by atoms with E-state index in [1.165, 1.54) is 0 Å². The molecule has 132 valence electrons. The van der Waals surface area contributed by atoms with E-state index < -0.39 is 5.60 Å². The topological polar surface area (TPSA) is 72.7 Å². The number of nitro benzene ring substituents is 1. The fraction of sp³-hybridized carbons (Fsp3) is 0.611. The summed E-state index contributed by atoms with van der Waals surface area (Å²) < 4.78 is 5.39. The summed E-state index contributed by atoms with van der Waals surface area (Å²) in [4.78, 5) is 24.7. The van der Waals surface area contributed by atoms with Crippen LogP contribution >= 0.6 is 0 Å². The molecule has 1 amide bonds. The maximum atomic E-state index is 12.1. The lowest BCUT2D eigenvalue weighted by atomic mass is 9.89. The van der Waals surface area contributed by atoms with Crippen molar-refractivity contribution in [3.63, 3.8) is 0 Å². The number of carbonyl (C=O) groups excluding carboxylic acids is 1. The molecule has 24 heavy (non-hydrogen) atoms. The summed E-state index contributed by atoms with van der Waals surface area (Å²) in [7, 11) is 0. The number of amides is 1. The number of likely N-dealkylation sites (tertiary alicyclic amines) is 1. The second kappa shape index (κ2) is 7.20. The number of hydrogen-bond acceptors (Lipinski definition) is 4. The lowest BCUT2D eigenvalue weighted by Crippen LogP contribution is -2.42. The molecule has 0 unspecified atom stereocenters. The van der Waals surface area contributed by atoms with Crippen molar-refractivity contribution >= 4 is 11.8 Å². The van der Waals surface area contributed by atoms with Crippen molar-refractivity contribution < 1.29 is 14.5 Å². The van der Waals surface area contributed by atoms with Crippen LogP contribution in [-0.4, -0.2) is 34.6 Å². The summed E-state index contributed by atoms with van der Waals surface area (Å²) in [5.74, 6) is 0.351. The third kappa shape index (κ3) is 4.94. The van der Waals surface area contributed by atoms with Crippen LogP contribution in [0, 0.1) is 23.0 Å². The predicted molar refractivity (Wildman–Crippen MR) is 92.1 cm³/mol. The highest BCUT2D eigenvalue weighted by atomic mass is 16.6. The van der Waals surface area contributed by atoms with Crippen molar-refractivity contribution in [2.75, 3.05) is 13.1 Å². The van der Waals surface area contributed by atoms with Crippen molar-refractivity contribution in [1.82, 2.24) is 4.90 Å². The Morgan fingerprint density at radius 3 is 2.50 bits per heavy atom. The van der Waals surface area contributed by atoms with Gasteiger partial charge in [0.25, 0.3) is 5.69 Å². The fourth-order valence-corrected chi connectivity index (χ4v) is 3.01. The van der Waals surface area contributed by atoms with Crippen LogP contribution in [0.4, 0.5) is 10.5 Å². The monoisotopic (exact) mass is 334 g/mol. The zero-order chi connectivity index (χ0) is 17.9. The van der Waals surface area contributed by atoms with Gasteiger partial charge in [-0.2, -0.15) is 0 Å². The van der Waals surface area contributed by atoms with Crippen LogP contribution in [0.25, 0.3) is 0 Å². The molecule has 0 bridgehead atoms. The van der Waals surface area contributed by atoms with E-state index in [-0.39, 0.29) is 16.7 Å². The molecule has 0 radical (unpaired) electrons. The Morgan fingerprint density at radius 1 is 1.33 bits per heavy atom. The summed E-state index contributed by atoms with van der Waals surface area (Å²) in [6.45, 7) is 8.79. The van der Waals surface area contributed by atoms with Gasteiger partial charge in [0.05, 0.1) is 4.92 Å². The average molecular weight is 334 g/mol. The molecule has 0 saturated carbocycles. The van der Waals surface area contributed by atoms with Gasteiger partial charge in [0, 0.05) is 24.7 Å². The summed E-state index contributed by atoms with van der Waals surface area (Å²) in [5.41, 5.74) is 1.52.